The van der Waals surface area contributed by atoms with Crippen LogP contribution in [0.2, 0.25) is 5.02 Å². The highest BCUT2D eigenvalue weighted by Crippen LogP contribution is 2.36. The van der Waals surface area contributed by atoms with Gasteiger partial charge in [-0.15, -0.1) is 11.8 Å². The first-order valence-electron chi connectivity index (χ1n) is 10.4. The molecule has 4 rings (SSSR count). The summed E-state index contributed by atoms with van der Waals surface area (Å²) in [6.45, 7) is 0. The van der Waals surface area contributed by atoms with Gasteiger partial charge in [0.1, 0.15) is 11.1 Å². The Kier molecular flexibility index (Phi) is 7.80. The van der Waals surface area contributed by atoms with Crippen LogP contribution in [0.1, 0.15) is 10.8 Å². The zero-order valence-corrected chi connectivity index (χ0v) is 19.5. The normalized spacial score (nSPS) is 11.3. The van der Waals surface area contributed by atoms with E-state index in [2.05, 4.69) is 20.9 Å². The lowest BCUT2D eigenvalue weighted by Crippen LogP contribution is -2.20. The minimum atomic E-state index is -0.501. The number of nitrogens with zero attached hydrogens (tertiary/aromatic N) is 1. The Balaban J connectivity index is 1.44. The molecule has 170 valence electrons. The quantitative estimate of drug-likeness (QED) is 0.248. The summed E-state index contributed by atoms with van der Waals surface area (Å²) in [4.78, 5) is 30.4. The van der Waals surface area contributed by atoms with Crippen molar-refractivity contribution in [2.75, 3.05) is 16.0 Å². The number of urea groups is 1. The molecule has 1 heterocycles. The molecule has 0 aliphatic heterocycles. The van der Waals surface area contributed by atoms with E-state index in [0.717, 1.165) is 10.5 Å². The van der Waals surface area contributed by atoms with Crippen molar-refractivity contribution in [3.05, 3.63) is 114 Å². The second-order valence-corrected chi connectivity index (χ2v) is 8.84. The van der Waals surface area contributed by atoms with Gasteiger partial charge in [0.25, 0.3) is 0 Å². The number of amides is 3. The highest BCUT2D eigenvalue weighted by atomic mass is 35.5. The van der Waals surface area contributed by atoms with E-state index in [4.69, 9.17) is 11.6 Å². The van der Waals surface area contributed by atoms with Crippen LogP contribution in [0, 0.1) is 0 Å². The van der Waals surface area contributed by atoms with Gasteiger partial charge in [-0.05, 0) is 54.1 Å². The van der Waals surface area contributed by atoms with Gasteiger partial charge in [0.15, 0.2) is 0 Å². The number of halogens is 1. The highest BCUT2D eigenvalue weighted by Gasteiger charge is 2.22. The number of pyridine rings is 1. The number of hydrogen-bond acceptors (Lipinski definition) is 4. The summed E-state index contributed by atoms with van der Waals surface area (Å²) in [5, 5.41) is 8.43. The monoisotopic (exact) mass is 488 g/mol. The average molecular weight is 489 g/mol. The molecule has 0 radical (unpaired) electrons. The molecule has 0 saturated heterocycles. The summed E-state index contributed by atoms with van der Waals surface area (Å²) in [6.07, 6.45) is 1.49. The maximum atomic E-state index is 13.1. The van der Waals surface area contributed by atoms with Gasteiger partial charge in [0, 0.05) is 22.5 Å². The fourth-order valence-electron chi connectivity index (χ4n) is 3.11. The number of thioether (sulfide) groups is 1. The molecule has 3 N–H and O–H groups in total. The molecule has 0 spiro atoms. The summed E-state index contributed by atoms with van der Waals surface area (Å²) in [5.41, 5.74) is 2.21. The lowest BCUT2D eigenvalue weighted by Gasteiger charge is -2.17. The molecule has 3 amide bonds. The lowest BCUT2D eigenvalue weighted by molar-refractivity contribution is -0.115. The number of nitrogens with one attached hydrogen (secondary N) is 3. The first kappa shape index (κ1) is 23.4. The number of carbonyl (C=O) groups is 2. The molecule has 0 bridgehead atoms. The predicted molar refractivity (Wildman–Crippen MR) is 138 cm³/mol. The number of rotatable bonds is 7. The van der Waals surface area contributed by atoms with Crippen LogP contribution in [0.5, 0.6) is 0 Å². The van der Waals surface area contributed by atoms with Crippen molar-refractivity contribution >= 4 is 52.5 Å². The third kappa shape index (κ3) is 6.60. The lowest BCUT2D eigenvalue weighted by atomic mass is 10.1. The highest BCUT2D eigenvalue weighted by molar-refractivity contribution is 8.00. The third-order valence-electron chi connectivity index (χ3n) is 4.72. The van der Waals surface area contributed by atoms with Crippen LogP contribution in [0.4, 0.5) is 22.0 Å². The van der Waals surface area contributed by atoms with Crippen molar-refractivity contribution < 1.29 is 9.59 Å². The molecule has 0 saturated carbocycles. The van der Waals surface area contributed by atoms with Gasteiger partial charge >= 0.3 is 6.03 Å². The minimum absolute atomic E-state index is 0.199. The Hall–Kier alpha value is -3.81. The smallest absolute Gasteiger partial charge is 0.309 e. The second-order valence-electron chi connectivity index (χ2n) is 7.23. The Morgan fingerprint density at radius 1 is 0.735 bits per heavy atom. The standard InChI is InChI=1S/C26H21ClN4O2S/c27-19-11-16-23(28-17-19)31-25(32)24(18-7-3-1-4-8-18)34-22-14-12-21(13-15-22)30-26(33)29-20-9-5-2-6-10-20/h1-17,24H,(H,28,31,32)(H2,29,30,33). The molecular weight excluding hydrogens is 468 g/mol. The maximum absolute atomic E-state index is 13.1. The van der Waals surface area contributed by atoms with Crippen LogP contribution >= 0.6 is 23.4 Å². The van der Waals surface area contributed by atoms with Gasteiger partial charge in [-0.2, -0.15) is 0 Å². The fourth-order valence-corrected chi connectivity index (χ4v) is 4.25. The maximum Gasteiger partial charge on any atom is 0.323 e. The third-order valence-corrected chi connectivity index (χ3v) is 6.21. The Morgan fingerprint density at radius 2 is 1.35 bits per heavy atom. The van der Waals surface area contributed by atoms with Gasteiger partial charge < -0.3 is 16.0 Å². The van der Waals surface area contributed by atoms with Crippen molar-refractivity contribution in [1.29, 1.82) is 0 Å². The van der Waals surface area contributed by atoms with Crippen molar-refractivity contribution in [3.63, 3.8) is 0 Å². The number of para-hydroxylation sites is 1. The summed E-state index contributed by atoms with van der Waals surface area (Å²) in [7, 11) is 0. The second kappa shape index (κ2) is 11.4. The van der Waals surface area contributed by atoms with Crippen LogP contribution in [0.3, 0.4) is 0 Å². The number of anilines is 3. The van der Waals surface area contributed by atoms with Crippen LogP contribution < -0.4 is 16.0 Å². The Morgan fingerprint density at radius 3 is 1.97 bits per heavy atom. The predicted octanol–water partition coefficient (Wildman–Crippen LogP) is 6.85. The molecule has 0 aliphatic carbocycles. The summed E-state index contributed by atoms with van der Waals surface area (Å²) in [5.74, 6) is 0.232. The van der Waals surface area contributed by atoms with E-state index in [1.165, 1.54) is 18.0 Å². The van der Waals surface area contributed by atoms with Crippen molar-refractivity contribution in [3.8, 4) is 0 Å². The first-order valence-corrected chi connectivity index (χ1v) is 11.7. The number of aromatic nitrogens is 1. The van der Waals surface area contributed by atoms with E-state index in [-0.39, 0.29) is 11.9 Å². The summed E-state index contributed by atoms with van der Waals surface area (Å²) >= 11 is 7.30. The van der Waals surface area contributed by atoms with E-state index in [1.54, 1.807) is 24.3 Å². The topological polar surface area (TPSA) is 83.1 Å². The van der Waals surface area contributed by atoms with E-state index >= 15 is 0 Å². The van der Waals surface area contributed by atoms with Crippen molar-refractivity contribution in [1.82, 2.24) is 4.98 Å². The molecule has 8 heteroatoms. The molecule has 1 unspecified atom stereocenters. The van der Waals surface area contributed by atoms with Gasteiger partial charge in [0.2, 0.25) is 5.91 Å². The van der Waals surface area contributed by atoms with E-state index in [9.17, 15) is 9.59 Å². The zero-order chi connectivity index (χ0) is 23.8. The molecule has 3 aromatic carbocycles. The van der Waals surface area contributed by atoms with Crippen LogP contribution in [-0.2, 0) is 4.79 Å². The van der Waals surface area contributed by atoms with Crippen molar-refractivity contribution in [2.24, 2.45) is 0 Å². The SMILES string of the molecule is O=C(Nc1ccccc1)Nc1ccc(SC(C(=O)Nc2ccc(Cl)cn2)c2ccccc2)cc1. The number of carbonyl (C=O) groups excluding carboxylic acids is 2. The van der Waals surface area contributed by atoms with Crippen LogP contribution in [-0.4, -0.2) is 16.9 Å². The Bertz CT molecular complexity index is 1240. The number of benzene rings is 3. The molecule has 4 aromatic rings. The van der Waals surface area contributed by atoms with Gasteiger partial charge in [-0.3, -0.25) is 4.79 Å². The van der Waals surface area contributed by atoms with Crippen LogP contribution in [0.25, 0.3) is 0 Å². The summed E-state index contributed by atoms with van der Waals surface area (Å²) < 4.78 is 0. The van der Waals surface area contributed by atoms with Crippen molar-refractivity contribution in [2.45, 2.75) is 10.1 Å². The fraction of sp³-hybridized carbons (Fsp3) is 0.0385. The largest absolute Gasteiger partial charge is 0.323 e. The molecule has 34 heavy (non-hydrogen) atoms. The zero-order valence-electron chi connectivity index (χ0n) is 17.9. The molecule has 0 fully saturated rings. The average Bonchev–Trinajstić information content (AvgIpc) is 2.86. The van der Waals surface area contributed by atoms with Gasteiger partial charge in [0.05, 0.1) is 5.02 Å². The first-order chi connectivity index (χ1) is 16.6. The molecule has 1 aromatic heterocycles. The van der Waals surface area contributed by atoms with Crippen LogP contribution in [0.15, 0.2) is 108 Å². The minimum Gasteiger partial charge on any atom is -0.309 e. The molecule has 1 atom stereocenters. The molecular formula is C26H21ClN4O2S. The molecule has 6 nitrogen and oxygen atoms in total. The summed E-state index contributed by atoms with van der Waals surface area (Å²) in [6, 6.07) is 29.1. The van der Waals surface area contributed by atoms with Gasteiger partial charge in [-0.25, -0.2) is 9.78 Å². The molecule has 0 aliphatic rings. The van der Waals surface area contributed by atoms with Gasteiger partial charge in [-0.1, -0.05) is 60.1 Å². The Labute approximate surface area is 206 Å². The van der Waals surface area contributed by atoms with E-state index in [0.29, 0.717) is 22.2 Å². The van der Waals surface area contributed by atoms with E-state index < -0.39 is 5.25 Å². The number of hydrogen-bond donors (Lipinski definition) is 3. The van der Waals surface area contributed by atoms with E-state index in [1.807, 2.05) is 72.8 Å².